The van der Waals surface area contributed by atoms with E-state index < -0.39 is 0 Å². The van der Waals surface area contributed by atoms with E-state index in [1.54, 1.807) is 10.9 Å². The van der Waals surface area contributed by atoms with Gasteiger partial charge in [-0.15, -0.1) is 0 Å². The third kappa shape index (κ3) is 3.18. The van der Waals surface area contributed by atoms with Crippen molar-refractivity contribution in [2.45, 2.75) is 0 Å². The summed E-state index contributed by atoms with van der Waals surface area (Å²) in [5.74, 6) is 0.995. The highest BCUT2D eigenvalue weighted by atomic mass is 16.2. The van der Waals surface area contributed by atoms with Gasteiger partial charge >= 0.3 is 0 Å². The second kappa shape index (κ2) is 7.00. The topological polar surface area (TPSA) is 54.3 Å². The maximum Gasteiger partial charge on any atom is 0.272 e. The van der Waals surface area contributed by atoms with Crippen LogP contribution in [0.25, 0.3) is 11.3 Å². The van der Waals surface area contributed by atoms with E-state index in [1.165, 1.54) is 0 Å². The van der Waals surface area contributed by atoms with Crippen molar-refractivity contribution in [1.82, 2.24) is 19.7 Å². The van der Waals surface area contributed by atoms with Gasteiger partial charge in [-0.1, -0.05) is 36.4 Å². The molecular formula is C20H21N5O. The van der Waals surface area contributed by atoms with Crippen LogP contribution in [0.1, 0.15) is 10.5 Å². The largest absolute Gasteiger partial charge is 0.353 e. The van der Waals surface area contributed by atoms with Crippen LogP contribution in [-0.4, -0.2) is 51.8 Å². The lowest BCUT2D eigenvalue weighted by Crippen LogP contribution is -2.49. The third-order valence-corrected chi connectivity index (χ3v) is 4.71. The molecule has 3 heterocycles. The summed E-state index contributed by atoms with van der Waals surface area (Å²) < 4.78 is 1.68. The lowest BCUT2D eigenvalue weighted by molar-refractivity contribution is 0.0735. The first-order valence-corrected chi connectivity index (χ1v) is 8.77. The van der Waals surface area contributed by atoms with Crippen LogP contribution in [0.15, 0.2) is 60.8 Å². The Bertz CT molecular complexity index is 883. The van der Waals surface area contributed by atoms with Crippen molar-refractivity contribution >= 4 is 11.7 Å². The summed E-state index contributed by atoms with van der Waals surface area (Å²) in [5.41, 5.74) is 2.46. The van der Waals surface area contributed by atoms with E-state index in [1.807, 2.05) is 66.5 Å². The van der Waals surface area contributed by atoms with Gasteiger partial charge in [0.2, 0.25) is 0 Å². The average molecular weight is 347 g/mol. The minimum absolute atomic E-state index is 0.0304. The summed E-state index contributed by atoms with van der Waals surface area (Å²) >= 11 is 0. The number of aromatic nitrogens is 3. The van der Waals surface area contributed by atoms with Crippen LogP contribution < -0.4 is 4.90 Å². The molecule has 0 radical (unpaired) electrons. The SMILES string of the molecule is Cn1nc(-c2ccccc2)cc1C(=O)N1CCN(c2ccccn2)CC1. The summed E-state index contributed by atoms with van der Waals surface area (Å²) in [7, 11) is 1.82. The first kappa shape index (κ1) is 16.3. The van der Waals surface area contributed by atoms with Crippen molar-refractivity contribution < 1.29 is 4.79 Å². The Morgan fingerprint density at radius 3 is 2.38 bits per heavy atom. The molecule has 2 aromatic heterocycles. The normalized spacial score (nSPS) is 14.5. The number of rotatable bonds is 3. The van der Waals surface area contributed by atoms with Crippen molar-refractivity contribution in [1.29, 1.82) is 0 Å². The molecule has 0 bridgehead atoms. The number of piperazine rings is 1. The Hall–Kier alpha value is -3.15. The zero-order valence-electron chi connectivity index (χ0n) is 14.7. The van der Waals surface area contributed by atoms with Gasteiger partial charge in [0.1, 0.15) is 11.5 Å². The van der Waals surface area contributed by atoms with E-state index in [-0.39, 0.29) is 5.91 Å². The quantitative estimate of drug-likeness (QED) is 0.730. The van der Waals surface area contributed by atoms with Crippen LogP contribution >= 0.6 is 0 Å². The van der Waals surface area contributed by atoms with Gasteiger partial charge in [-0.2, -0.15) is 5.10 Å². The van der Waals surface area contributed by atoms with Crippen LogP contribution in [0.4, 0.5) is 5.82 Å². The molecule has 1 saturated heterocycles. The number of carbonyl (C=O) groups is 1. The van der Waals surface area contributed by atoms with Gasteiger partial charge in [-0.25, -0.2) is 4.98 Å². The fourth-order valence-electron chi connectivity index (χ4n) is 3.26. The Morgan fingerprint density at radius 2 is 1.69 bits per heavy atom. The summed E-state index contributed by atoms with van der Waals surface area (Å²) in [4.78, 5) is 21.4. The number of carbonyl (C=O) groups excluding carboxylic acids is 1. The Morgan fingerprint density at radius 1 is 0.962 bits per heavy atom. The van der Waals surface area contributed by atoms with Crippen molar-refractivity contribution in [2.75, 3.05) is 31.1 Å². The molecule has 4 rings (SSSR count). The summed E-state index contributed by atoms with van der Waals surface area (Å²) in [6.07, 6.45) is 1.80. The highest BCUT2D eigenvalue weighted by Crippen LogP contribution is 2.20. The Kier molecular flexibility index (Phi) is 4.39. The van der Waals surface area contributed by atoms with E-state index in [4.69, 9.17) is 0 Å². The van der Waals surface area contributed by atoms with Crippen LogP contribution in [0, 0.1) is 0 Å². The van der Waals surface area contributed by atoms with Crippen LogP contribution in [0.2, 0.25) is 0 Å². The molecule has 1 aliphatic heterocycles. The third-order valence-electron chi connectivity index (χ3n) is 4.71. The molecule has 132 valence electrons. The predicted molar refractivity (Wildman–Crippen MR) is 101 cm³/mol. The lowest BCUT2D eigenvalue weighted by Gasteiger charge is -2.35. The monoisotopic (exact) mass is 347 g/mol. The standard InChI is InChI=1S/C20H21N5O/c1-23-18(15-17(22-23)16-7-3-2-4-8-16)20(26)25-13-11-24(12-14-25)19-9-5-6-10-21-19/h2-10,15H,11-14H2,1H3. The van der Waals surface area contributed by atoms with Gasteiger partial charge < -0.3 is 9.80 Å². The highest BCUT2D eigenvalue weighted by molar-refractivity contribution is 5.94. The van der Waals surface area contributed by atoms with E-state index in [9.17, 15) is 4.79 Å². The summed E-state index contributed by atoms with van der Waals surface area (Å²) in [5, 5.41) is 4.51. The number of aryl methyl sites for hydroxylation is 1. The van der Waals surface area contributed by atoms with Crippen molar-refractivity contribution in [3.05, 3.63) is 66.5 Å². The molecule has 26 heavy (non-hydrogen) atoms. The molecular weight excluding hydrogens is 326 g/mol. The number of pyridine rings is 1. The van der Waals surface area contributed by atoms with Crippen molar-refractivity contribution in [3.8, 4) is 11.3 Å². The lowest BCUT2D eigenvalue weighted by atomic mass is 10.1. The molecule has 0 unspecified atom stereocenters. The van der Waals surface area contributed by atoms with Gasteiger partial charge in [0.05, 0.1) is 5.69 Å². The van der Waals surface area contributed by atoms with Crippen LogP contribution in [0.5, 0.6) is 0 Å². The summed E-state index contributed by atoms with van der Waals surface area (Å²) in [6.45, 7) is 2.93. The second-order valence-electron chi connectivity index (χ2n) is 6.37. The molecule has 3 aromatic rings. The zero-order chi connectivity index (χ0) is 17.9. The van der Waals surface area contributed by atoms with Crippen molar-refractivity contribution in [3.63, 3.8) is 0 Å². The van der Waals surface area contributed by atoms with E-state index in [0.29, 0.717) is 18.8 Å². The fourth-order valence-corrected chi connectivity index (χ4v) is 3.26. The molecule has 1 fully saturated rings. The molecule has 1 aliphatic rings. The number of amides is 1. The minimum Gasteiger partial charge on any atom is -0.353 e. The van der Waals surface area contributed by atoms with E-state index >= 15 is 0 Å². The first-order chi connectivity index (χ1) is 12.7. The number of anilines is 1. The van der Waals surface area contributed by atoms with Gasteiger partial charge in [-0.3, -0.25) is 9.48 Å². The molecule has 1 amide bonds. The van der Waals surface area contributed by atoms with E-state index in [0.717, 1.165) is 30.2 Å². The van der Waals surface area contributed by atoms with Gasteiger partial charge in [0.15, 0.2) is 0 Å². The molecule has 0 aliphatic carbocycles. The van der Waals surface area contributed by atoms with E-state index in [2.05, 4.69) is 15.0 Å². The number of nitrogens with zero attached hydrogens (tertiary/aromatic N) is 5. The highest BCUT2D eigenvalue weighted by Gasteiger charge is 2.25. The van der Waals surface area contributed by atoms with Crippen LogP contribution in [0.3, 0.4) is 0 Å². The fraction of sp³-hybridized carbons (Fsp3) is 0.250. The van der Waals surface area contributed by atoms with Crippen LogP contribution in [-0.2, 0) is 7.05 Å². The molecule has 0 saturated carbocycles. The maximum absolute atomic E-state index is 12.9. The van der Waals surface area contributed by atoms with Gasteiger partial charge in [0.25, 0.3) is 5.91 Å². The van der Waals surface area contributed by atoms with Gasteiger partial charge in [0, 0.05) is 45.0 Å². The summed E-state index contributed by atoms with van der Waals surface area (Å²) in [6, 6.07) is 17.7. The average Bonchev–Trinajstić information content (AvgIpc) is 3.10. The molecule has 1 aromatic carbocycles. The smallest absolute Gasteiger partial charge is 0.272 e. The minimum atomic E-state index is 0.0304. The van der Waals surface area contributed by atoms with Gasteiger partial charge in [-0.05, 0) is 18.2 Å². The Labute approximate surface area is 152 Å². The maximum atomic E-state index is 12.9. The predicted octanol–water partition coefficient (Wildman–Crippen LogP) is 2.44. The molecule has 0 atom stereocenters. The number of hydrogen-bond acceptors (Lipinski definition) is 4. The zero-order valence-corrected chi connectivity index (χ0v) is 14.7. The number of benzene rings is 1. The second-order valence-corrected chi connectivity index (χ2v) is 6.37. The number of hydrogen-bond donors (Lipinski definition) is 0. The molecule has 0 spiro atoms. The van der Waals surface area contributed by atoms with Crippen molar-refractivity contribution in [2.24, 2.45) is 7.05 Å². The molecule has 0 N–H and O–H groups in total. The molecule has 6 heteroatoms. The first-order valence-electron chi connectivity index (χ1n) is 8.77. The molecule has 6 nitrogen and oxygen atoms in total. The Balaban J connectivity index is 1.47.